The van der Waals surface area contributed by atoms with E-state index in [9.17, 15) is 15.0 Å². The highest BCUT2D eigenvalue weighted by Crippen LogP contribution is 2.43. The predicted molar refractivity (Wildman–Crippen MR) is 201 cm³/mol. The van der Waals surface area contributed by atoms with Crippen molar-refractivity contribution in [3.05, 3.63) is 87.0 Å². The number of benzene rings is 3. The second-order valence-electron chi connectivity index (χ2n) is 13.1. The number of methoxy groups -OCH3 is 1. The number of hydrogen-bond acceptors (Lipinski definition) is 9. The van der Waals surface area contributed by atoms with Crippen LogP contribution < -0.4 is 10.1 Å². The number of halogens is 2. The normalized spacial score (nSPS) is 17.4. The number of likely N-dealkylation sites (tertiary alicyclic amines) is 2. The lowest BCUT2D eigenvalue weighted by Gasteiger charge is -2.29. The van der Waals surface area contributed by atoms with E-state index in [4.69, 9.17) is 32.9 Å². The number of carboxylic acid groups (broad SMARTS) is 1. The summed E-state index contributed by atoms with van der Waals surface area (Å²) in [7, 11) is 1.69. The van der Waals surface area contributed by atoms with Crippen LogP contribution in [0.4, 0.5) is 11.5 Å². The van der Waals surface area contributed by atoms with Gasteiger partial charge in [-0.3, -0.25) is 14.6 Å². The van der Waals surface area contributed by atoms with Gasteiger partial charge in [0.05, 0.1) is 46.1 Å². The summed E-state index contributed by atoms with van der Waals surface area (Å²) in [5.41, 5.74) is 7.07. The third-order valence-electron chi connectivity index (χ3n) is 9.78. The van der Waals surface area contributed by atoms with Crippen molar-refractivity contribution in [2.75, 3.05) is 38.6 Å². The van der Waals surface area contributed by atoms with Crippen molar-refractivity contribution in [2.45, 2.75) is 45.4 Å². The summed E-state index contributed by atoms with van der Waals surface area (Å²) in [6.07, 6.45) is 3.58. The number of aromatic nitrogens is 2. The second-order valence-corrected chi connectivity index (χ2v) is 15.0. The number of rotatable bonds is 10. The average Bonchev–Trinajstić information content (AvgIpc) is 3.72. The summed E-state index contributed by atoms with van der Waals surface area (Å²) in [6.45, 7) is 6.49. The zero-order valence-corrected chi connectivity index (χ0v) is 30.3. The van der Waals surface area contributed by atoms with Gasteiger partial charge >= 0.3 is 5.97 Å². The number of aliphatic hydroxyl groups is 1. The van der Waals surface area contributed by atoms with Gasteiger partial charge < -0.3 is 20.3 Å². The smallest absolute Gasteiger partial charge is 0.306 e. The highest BCUT2D eigenvalue weighted by molar-refractivity contribution is 7.18. The Morgan fingerprint density at radius 2 is 1.70 bits per heavy atom. The number of pyridine rings is 1. The number of nitrogens with zero attached hydrogens (tertiary/aromatic N) is 4. The van der Waals surface area contributed by atoms with E-state index in [0.717, 1.165) is 80.4 Å². The molecule has 0 saturated carbocycles. The van der Waals surface area contributed by atoms with Gasteiger partial charge in [0.1, 0.15) is 16.3 Å². The summed E-state index contributed by atoms with van der Waals surface area (Å²) >= 11 is 15.9. The maximum Gasteiger partial charge on any atom is 0.306 e. The number of ether oxygens (including phenoxy) is 1. The third kappa shape index (κ3) is 7.19. The van der Waals surface area contributed by atoms with Crippen molar-refractivity contribution < 1.29 is 19.7 Å². The topological polar surface area (TPSA) is 111 Å². The highest BCUT2D eigenvalue weighted by Gasteiger charge is 2.26. The summed E-state index contributed by atoms with van der Waals surface area (Å²) < 4.78 is 6.87. The third-order valence-corrected chi connectivity index (χ3v) is 11.6. The molecule has 260 valence electrons. The Bertz CT molecular complexity index is 2050. The molecule has 1 unspecified atom stereocenters. The Balaban J connectivity index is 1.14. The molecule has 2 aliphatic heterocycles. The van der Waals surface area contributed by atoms with E-state index < -0.39 is 5.97 Å². The minimum absolute atomic E-state index is 0.263. The number of aliphatic hydroxyl groups excluding tert-OH is 1. The Morgan fingerprint density at radius 3 is 2.42 bits per heavy atom. The number of piperidine rings is 1. The molecular formula is C38H39Cl2N5O4S. The van der Waals surface area contributed by atoms with Gasteiger partial charge in [-0.25, -0.2) is 9.97 Å². The first-order valence-electron chi connectivity index (χ1n) is 16.8. The first-order chi connectivity index (χ1) is 24.2. The van der Waals surface area contributed by atoms with Crippen LogP contribution in [0.15, 0.2) is 60.8 Å². The first-order valence-corrected chi connectivity index (χ1v) is 18.4. The second kappa shape index (κ2) is 14.8. The van der Waals surface area contributed by atoms with Gasteiger partial charge in [0.15, 0.2) is 5.82 Å². The van der Waals surface area contributed by atoms with Crippen molar-refractivity contribution in [2.24, 2.45) is 5.92 Å². The van der Waals surface area contributed by atoms with Crippen molar-refractivity contribution >= 4 is 62.2 Å². The van der Waals surface area contributed by atoms with Crippen LogP contribution in [0.1, 0.15) is 35.4 Å². The van der Waals surface area contributed by atoms with Gasteiger partial charge in [0.2, 0.25) is 0 Å². The molecule has 4 heterocycles. The van der Waals surface area contributed by atoms with Crippen molar-refractivity contribution in [1.29, 1.82) is 0 Å². The largest absolute Gasteiger partial charge is 0.496 e. The number of fused-ring (bicyclic) bond motifs is 1. The van der Waals surface area contributed by atoms with E-state index in [-0.39, 0.29) is 12.0 Å². The molecule has 7 rings (SSSR count). The molecule has 3 aromatic carbocycles. The fourth-order valence-electron chi connectivity index (χ4n) is 7.02. The fourth-order valence-corrected chi connectivity index (χ4v) is 8.64. The lowest BCUT2D eigenvalue weighted by molar-refractivity contribution is -0.143. The molecular weight excluding hydrogens is 693 g/mol. The van der Waals surface area contributed by atoms with Gasteiger partial charge in [0, 0.05) is 48.1 Å². The predicted octanol–water partition coefficient (Wildman–Crippen LogP) is 8.26. The quantitative estimate of drug-likeness (QED) is 0.131. The minimum atomic E-state index is -0.707. The molecule has 0 radical (unpaired) electrons. The number of carboxylic acids is 1. The van der Waals surface area contributed by atoms with Crippen LogP contribution in [0.3, 0.4) is 0 Å². The number of nitrogens with one attached hydrogen (secondary N) is 1. The number of hydrogen-bond donors (Lipinski definition) is 3. The van der Waals surface area contributed by atoms with Gasteiger partial charge in [-0.1, -0.05) is 59.6 Å². The van der Waals surface area contributed by atoms with E-state index in [1.807, 2.05) is 48.5 Å². The first kappa shape index (κ1) is 34.7. The van der Waals surface area contributed by atoms with Crippen molar-refractivity contribution in [1.82, 2.24) is 19.8 Å². The van der Waals surface area contributed by atoms with Gasteiger partial charge in [-0.05, 0) is 68.6 Å². The Labute approximate surface area is 305 Å². The summed E-state index contributed by atoms with van der Waals surface area (Å²) in [5.74, 6) is 0.433. The molecule has 12 heteroatoms. The van der Waals surface area contributed by atoms with E-state index >= 15 is 0 Å². The maximum absolute atomic E-state index is 11.4. The summed E-state index contributed by atoms with van der Waals surface area (Å²) in [5, 5.41) is 24.8. The van der Waals surface area contributed by atoms with Crippen LogP contribution in [0, 0.1) is 12.8 Å². The molecule has 0 spiro atoms. The zero-order chi connectivity index (χ0) is 34.9. The van der Waals surface area contributed by atoms with Gasteiger partial charge in [0.25, 0.3) is 0 Å². The fraction of sp³-hybridized carbons (Fsp3) is 0.342. The molecule has 3 N–H and O–H groups in total. The molecule has 9 nitrogen and oxygen atoms in total. The van der Waals surface area contributed by atoms with Gasteiger partial charge in [-0.2, -0.15) is 0 Å². The van der Waals surface area contributed by atoms with Crippen LogP contribution in [0.25, 0.3) is 32.5 Å². The van der Waals surface area contributed by atoms with E-state index in [1.165, 1.54) is 0 Å². The number of aliphatic carboxylic acids is 1. The van der Waals surface area contributed by atoms with Crippen LogP contribution in [-0.4, -0.2) is 75.3 Å². The number of aryl methyl sites for hydroxylation is 1. The maximum atomic E-state index is 11.4. The average molecular weight is 733 g/mol. The molecule has 5 aromatic rings. The molecule has 2 saturated heterocycles. The SMILES string of the molecule is COc1cc(-c2cccc(-c3cccc(Nc4nccc5sc(CN6CCC(C(=O)O)CC6)nc45)c3Cl)c2Cl)cc(C)c1CN1CCC(O)C1. The molecule has 1 atom stereocenters. The van der Waals surface area contributed by atoms with Crippen LogP contribution >= 0.6 is 34.5 Å². The standard InChI is InChI=1S/C38H39Cl2N5O4S/c1-22-17-24(18-31(49-2)29(22)20-45-16-12-25(46)19-45)26-5-3-6-27(34(26)39)28-7-4-8-30(35(28)40)42-37-36-32(9-13-41-37)50-33(43-36)21-44-14-10-23(11-15-44)38(47)48/h3-9,13,17-18,23,25,46H,10-12,14-16,19-21H2,1-2H3,(H,41,42)(H,47,48). The Hall–Kier alpha value is -3.77. The zero-order valence-electron chi connectivity index (χ0n) is 28.0. The summed E-state index contributed by atoms with van der Waals surface area (Å²) in [6, 6.07) is 17.9. The van der Waals surface area contributed by atoms with Crippen LogP contribution in [0.2, 0.25) is 10.0 Å². The molecule has 0 amide bonds. The molecule has 0 bridgehead atoms. The number of thiazole rings is 1. The Morgan fingerprint density at radius 1 is 0.980 bits per heavy atom. The Kier molecular flexibility index (Phi) is 10.3. The van der Waals surface area contributed by atoms with E-state index in [0.29, 0.717) is 54.0 Å². The minimum Gasteiger partial charge on any atom is -0.496 e. The molecule has 2 aliphatic rings. The summed E-state index contributed by atoms with van der Waals surface area (Å²) in [4.78, 5) is 25.4. The number of β-amino-alcohol motifs (C(OH)–C–C–N with tert-alkyl or cyclic N) is 1. The highest BCUT2D eigenvalue weighted by atomic mass is 35.5. The van der Waals surface area contributed by atoms with Gasteiger partial charge in [-0.15, -0.1) is 11.3 Å². The molecule has 2 fully saturated rings. The van der Waals surface area contributed by atoms with E-state index in [1.54, 1.807) is 24.6 Å². The molecule has 50 heavy (non-hydrogen) atoms. The lowest BCUT2D eigenvalue weighted by Crippen LogP contribution is -2.35. The lowest BCUT2D eigenvalue weighted by atomic mass is 9.95. The van der Waals surface area contributed by atoms with E-state index in [2.05, 4.69) is 33.1 Å². The number of anilines is 2. The monoisotopic (exact) mass is 731 g/mol. The van der Waals surface area contributed by atoms with Crippen LogP contribution in [-0.2, 0) is 17.9 Å². The van der Waals surface area contributed by atoms with Crippen molar-refractivity contribution in [3.8, 4) is 28.0 Å². The van der Waals surface area contributed by atoms with Crippen molar-refractivity contribution in [3.63, 3.8) is 0 Å². The number of carbonyl (C=O) groups is 1. The molecule has 0 aliphatic carbocycles. The molecule has 2 aromatic heterocycles. The van der Waals surface area contributed by atoms with Crippen LogP contribution in [0.5, 0.6) is 5.75 Å².